The second-order valence-electron chi connectivity index (χ2n) is 6.87. The highest BCUT2D eigenvalue weighted by Gasteiger charge is 2.30. The van der Waals surface area contributed by atoms with Gasteiger partial charge in [-0.1, -0.05) is 24.3 Å². The Kier molecular flexibility index (Phi) is 6.10. The molecule has 2 aromatic rings. The molecule has 3 rings (SSSR count). The first-order valence-corrected chi connectivity index (χ1v) is 9.21. The van der Waals surface area contributed by atoms with Crippen LogP contribution in [-0.2, 0) is 9.59 Å². The highest BCUT2D eigenvalue weighted by atomic mass is 16.3. The molecule has 0 radical (unpaired) electrons. The first-order chi connectivity index (χ1) is 13.5. The summed E-state index contributed by atoms with van der Waals surface area (Å²) in [5.74, 6) is -1.19. The van der Waals surface area contributed by atoms with Crippen molar-refractivity contribution in [2.75, 3.05) is 13.1 Å². The van der Waals surface area contributed by atoms with E-state index < -0.39 is 24.0 Å². The van der Waals surface area contributed by atoms with E-state index in [-0.39, 0.29) is 18.4 Å². The lowest BCUT2D eigenvalue weighted by Gasteiger charge is -2.24. The number of aliphatic hydroxyl groups excluding tert-OH is 1. The number of aromatic amines is 1. The summed E-state index contributed by atoms with van der Waals surface area (Å²) in [7, 11) is 0. The number of carbonyl (C=O) groups is 3. The lowest BCUT2D eigenvalue weighted by molar-refractivity contribution is -0.125. The maximum Gasteiger partial charge on any atom is 0.268 e. The minimum Gasteiger partial charge on any atom is -0.387 e. The van der Waals surface area contributed by atoms with Crippen LogP contribution in [0, 0.1) is 5.92 Å². The van der Waals surface area contributed by atoms with Crippen LogP contribution in [-0.4, -0.2) is 53.0 Å². The van der Waals surface area contributed by atoms with Crippen molar-refractivity contribution in [3.63, 3.8) is 0 Å². The van der Waals surface area contributed by atoms with Crippen molar-refractivity contribution < 1.29 is 19.5 Å². The molecule has 5 N–H and O–H groups in total. The van der Waals surface area contributed by atoms with Crippen LogP contribution in [0.1, 0.15) is 23.3 Å². The molecule has 1 aliphatic rings. The van der Waals surface area contributed by atoms with Gasteiger partial charge in [-0.25, -0.2) is 0 Å². The monoisotopic (exact) mass is 384 g/mol. The van der Waals surface area contributed by atoms with Crippen LogP contribution in [0.4, 0.5) is 0 Å². The van der Waals surface area contributed by atoms with E-state index in [9.17, 15) is 19.5 Å². The minimum atomic E-state index is -0.984. The lowest BCUT2D eigenvalue weighted by atomic mass is 9.95. The fourth-order valence-corrected chi connectivity index (χ4v) is 3.33. The maximum atomic E-state index is 12.3. The zero-order valence-electron chi connectivity index (χ0n) is 15.4. The third-order valence-electron chi connectivity index (χ3n) is 4.89. The molecule has 0 bridgehead atoms. The van der Waals surface area contributed by atoms with Crippen molar-refractivity contribution in [3.8, 4) is 0 Å². The van der Waals surface area contributed by atoms with Crippen LogP contribution in [0.2, 0.25) is 0 Å². The summed E-state index contributed by atoms with van der Waals surface area (Å²) >= 11 is 0. The number of fused-ring (bicyclic) bond motifs is 1. The van der Waals surface area contributed by atoms with E-state index in [1.807, 2.05) is 24.3 Å². The standard InChI is InChI=1S/C20H24N4O4/c1-2-17(25)15(10-13-7-8-21-19(13)27)24-18(26)11-22-20(28)16-9-12-5-3-4-6-14(12)23-16/h2-6,9,13,15,17,23,25H,1,7-8,10-11H2,(H,21,27)(H,22,28)(H,24,26)/t13-,15-,17?/m0/s1. The molecule has 1 fully saturated rings. The average molecular weight is 384 g/mol. The normalized spacial score (nSPS) is 18.3. The highest BCUT2D eigenvalue weighted by molar-refractivity contribution is 5.99. The Morgan fingerprint density at radius 3 is 2.82 bits per heavy atom. The topological polar surface area (TPSA) is 123 Å². The van der Waals surface area contributed by atoms with Gasteiger partial charge in [0.15, 0.2) is 0 Å². The van der Waals surface area contributed by atoms with Gasteiger partial charge in [-0.15, -0.1) is 6.58 Å². The molecule has 8 nitrogen and oxygen atoms in total. The summed E-state index contributed by atoms with van der Waals surface area (Å²) in [5.41, 5.74) is 1.19. The number of rotatable bonds is 8. The molecule has 1 aromatic heterocycles. The summed E-state index contributed by atoms with van der Waals surface area (Å²) in [6.45, 7) is 3.89. The minimum absolute atomic E-state index is 0.0809. The molecular weight excluding hydrogens is 360 g/mol. The number of carbonyl (C=O) groups excluding carboxylic acids is 3. The number of para-hydroxylation sites is 1. The fourth-order valence-electron chi connectivity index (χ4n) is 3.33. The van der Waals surface area contributed by atoms with E-state index in [0.717, 1.165) is 10.9 Å². The smallest absolute Gasteiger partial charge is 0.268 e. The first kappa shape index (κ1) is 19.6. The van der Waals surface area contributed by atoms with Crippen LogP contribution in [0.3, 0.4) is 0 Å². The van der Waals surface area contributed by atoms with Crippen LogP contribution in [0.15, 0.2) is 43.0 Å². The number of amides is 3. The number of hydrogen-bond donors (Lipinski definition) is 5. The van der Waals surface area contributed by atoms with Crippen molar-refractivity contribution in [2.24, 2.45) is 5.92 Å². The molecule has 2 heterocycles. The zero-order valence-corrected chi connectivity index (χ0v) is 15.4. The average Bonchev–Trinajstić information content (AvgIpc) is 3.31. The summed E-state index contributed by atoms with van der Waals surface area (Å²) < 4.78 is 0. The van der Waals surface area contributed by atoms with Crippen LogP contribution < -0.4 is 16.0 Å². The Bertz CT molecular complexity index is 858. The number of benzene rings is 1. The predicted molar refractivity (Wildman–Crippen MR) is 105 cm³/mol. The van der Waals surface area contributed by atoms with Gasteiger partial charge in [0.05, 0.1) is 18.7 Å². The van der Waals surface area contributed by atoms with E-state index in [4.69, 9.17) is 0 Å². The summed E-state index contributed by atoms with van der Waals surface area (Å²) in [5, 5.41) is 19.0. The number of aromatic nitrogens is 1. The van der Waals surface area contributed by atoms with Crippen molar-refractivity contribution in [1.29, 1.82) is 0 Å². The number of H-pyrrole nitrogens is 1. The maximum absolute atomic E-state index is 12.3. The molecule has 0 saturated carbocycles. The van der Waals surface area contributed by atoms with Crippen LogP contribution in [0.5, 0.6) is 0 Å². The summed E-state index contributed by atoms with van der Waals surface area (Å²) in [6.07, 6.45) is 1.30. The largest absolute Gasteiger partial charge is 0.387 e. The lowest BCUT2D eigenvalue weighted by Crippen LogP contribution is -2.48. The quantitative estimate of drug-likeness (QED) is 0.424. The molecular formula is C20H24N4O4. The van der Waals surface area contributed by atoms with Crippen LogP contribution >= 0.6 is 0 Å². The van der Waals surface area contributed by atoms with Crippen LogP contribution in [0.25, 0.3) is 10.9 Å². The SMILES string of the molecule is C=CC(O)[C@H](C[C@@H]1CCNC1=O)NC(=O)CNC(=O)c1cc2ccccc2[nH]1. The van der Waals surface area contributed by atoms with E-state index in [2.05, 4.69) is 27.5 Å². The number of nitrogens with one attached hydrogen (secondary N) is 4. The van der Waals surface area contributed by atoms with E-state index in [0.29, 0.717) is 25.1 Å². The van der Waals surface area contributed by atoms with Gasteiger partial charge in [0.1, 0.15) is 5.69 Å². The first-order valence-electron chi connectivity index (χ1n) is 9.21. The molecule has 1 aromatic carbocycles. The van der Waals surface area contributed by atoms with E-state index >= 15 is 0 Å². The Morgan fingerprint density at radius 2 is 2.14 bits per heavy atom. The fraction of sp³-hybridized carbons (Fsp3) is 0.350. The molecule has 3 amide bonds. The third kappa shape index (κ3) is 4.58. The number of aliphatic hydroxyl groups is 1. The molecule has 8 heteroatoms. The number of hydrogen-bond acceptors (Lipinski definition) is 4. The Balaban J connectivity index is 1.55. The third-order valence-corrected chi connectivity index (χ3v) is 4.89. The van der Waals surface area contributed by atoms with Crippen molar-refractivity contribution >= 4 is 28.6 Å². The van der Waals surface area contributed by atoms with Crippen molar-refractivity contribution in [2.45, 2.75) is 25.0 Å². The zero-order chi connectivity index (χ0) is 20.1. The molecule has 3 atom stereocenters. The highest BCUT2D eigenvalue weighted by Crippen LogP contribution is 2.18. The second kappa shape index (κ2) is 8.71. The van der Waals surface area contributed by atoms with Gasteiger partial charge in [0, 0.05) is 23.4 Å². The van der Waals surface area contributed by atoms with Crippen molar-refractivity contribution in [1.82, 2.24) is 20.9 Å². The molecule has 1 aliphatic heterocycles. The second-order valence-corrected chi connectivity index (χ2v) is 6.87. The summed E-state index contributed by atoms with van der Waals surface area (Å²) in [6, 6.07) is 8.55. The van der Waals surface area contributed by atoms with Gasteiger partial charge in [0.2, 0.25) is 11.8 Å². The van der Waals surface area contributed by atoms with E-state index in [1.54, 1.807) is 6.07 Å². The summed E-state index contributed by atoms with van der Waals surface area (Å²) in [4.78, 5) is 39.3. The molecule has 0 spiro atoms. The van der Waals surface area contributed by atoms with Gasteiger partial charge >= 0.3 is 0 Å². The Labute approximate surface area is 162 Å². The van der Waals surface area contributed by atoms with E-state index in [1.165, 1.54) is 6.08 Å². The van der Waals surface area contributed by atoms with Gasteiger partial charge in [-0.3, -0.25) is 14.4 Å². The van der Waals surface area contributed by atoms with Gasteiger partial charge in [0.25, 0.3) is 5.91 Å². The molecule has 0 aliphatic carbocycles. The molecule has 28 heavy (non-hydrogen) atoms. The van der Waals surface area contributed by atoms with Crippen molar-refractivity contribution in [3.05, 3.63) is 48.7 Å². The van der Waals surface area contributed by atoms with Gasteiger partial charge < -0.3 is 26.0 Å². The Morgan fingerprint density at radius 1 is 1.36 bits per heavy atom. The molecule has 148 valence electrons. The molecule has 1 unspecified atom stereocenters. The van der Waals surface area contributed by atoms with Gasteiger partial charge in [-0.05, 0) is 25.0 Å². The Hall–Kier alpha value is -3.13. The predicted octanol–water partition coefficient (Wildman–Crippen LogP) is 0.456. The van der Waals surface area contributed by atoms with Gasteiger partial charge in [-0.2, -0.15) is 0 Å². The molecule has 1 saturated heterocycles.